The van der Waals surface area contributed by atoms with E-state index in [9.17, 15) is 26.3 Å². The second-order valence-electron chi connectivity index (χ2n) is 7.45. The molecule has 0 aliphatic rings. The summed E-state index contributed by atoms with van der Waals surface area (Å²) < 4.78 is 77.8. The molecule has 0 fully saturated rings. The second-order valence-corrected chi connectivity index (χ2v) is 7.45. The summed E-state index contributed by atoms with van der Waals surface area (Å²) in [5.74, 6) is -0.447. The summed E-state index contributed by atoms with van der Waals surface area (Å²) in [7, 11) is 0. The fourth-order valence-electron chi connectivity index (χ4n) is 2.59. The number of rotatable bonds is 3. The van der Waals surface area contributed by atoms with Crippen LogP contribution in [-0.4, -0.2) is 0 Å². The molecule has 0 N–H and O–H groups in total. The number of hydrogen-bond acceptors (Lipinski definition) is 0. The van der Waals surface area contributed by atoms with Crippen LogP contribution in [0.4, 0.5) is 26.3 Å². The summed E-state index contributed by atoms with van der Waals surface area (Å²) in [6.45, 7) is 9.37. The van der Waals surface area contributed by atoms with Gasteiger partial charge in [-0.25, -0.2) is 0 Å². The Morgan fingerprint density at radius 2 is 1.17 bits per heavy atom. The normalized spacial score (nSPS) is 15.1. The van der Waals surface area contributed by atoms with Crippen LogP contribution in [0.15, 0.2) is 18.2 Å². The maximum absolute atomic E-state index is 13.0. The molecule has 0 heterocycles. The average Bonchev–Trinajstić information content (AvgIpc) is 2.32. The quantitative estimate of drug-likeness (QED) is 0.525. The molecule has 23 heavy (non-hydrogen) atoms. The highest BCUT2D eigenvalue weighted by Crippen LogP contribution is 2.42. The van der Waals surface area contributed by atoms with Crippen LogP contribution in [-0.2, 0) is 12.4 Å². The highest BCUT2D eigenvalue weighted by atomic mass is 19.4. The molecule has 0 saturated carbocycles. The van der Waals surface area contributed by atoms with Gasteiger partial charge in [0.1, 0.15) is 0 Å². The Kier molecular flexibility index (Phi) is 5.49. The van der Waals surface area contributed by atoms with Gasteiger partial charge >= 0.3 is 12.4 Å². The molecule has 0 aromatic heterocycles. The number of halogens is 6. The van der Waals surface area contributed by atoms with Crippen molar-refractivity contribution >= 4 is 0 Å². The van der Waals surface area contributed by atoms with Crippen LogP contribution in [0, 0.1) is 11.3 Å². The predicted molar refractivity (Wildman–Crippen MR) is 78.1 cm³/mol. The van der Waals surface area contributed by atoms with Crippen molar-refractivity contribution < 1.29 is 26.3 Å². The van der Waals surface area contributed by atoms with Crippen LogP contribution < -0.4 is 0 Å². The van der Waals surface area contributed by atoms with E-state index in [1.54, 1.807) is 0 Å². The molecular formula is C17H22F6. The maximum Gasteiger partial charge on any atom is 0.416 e. The smallest absolute Gasteiger partial charge is 0.166 e. The van der Waals surface area contributed by atoms with E-state index in [-0.39, 0.29) is 28.9 Å². The van der Waals surface area contributed by atoms with Crippen molar-refractivity contribution in [1.82, 2.24) is 0 Å². The minimum absolute atomic E-state index is 0.0706. The minimum atomic E-state index is -4.81. The molecule has 0 nitrogen and oxygen atoms in total. The van der Waals surface area contributed by atoms with Crippen molar-refractivity contribution in [2.24, 2.45) is 11.3 Å². The van der Waals surface area contributed by atoms with E-state index in [2.05, 4.69) is 0 Å². The molecule has 1 aromatic rings. The molecule has 0 amide bonds. The van der Waals surface area contributed by atoms with Gasteiger partial charge in [0.05, 0.1) is 11.1 Å². The first-order valence-electron chi connectivity index (χ1n) is 7.40. The summed E-state index contributed by atoms with van der Waals surface area (Å²) in [4.78, 5) is 0. The van der Waals surface area contributed by atoms with Gasteiger partial charge in [0, 0.05) is 0 Å². The van der Waals surface area contributed by atoms with Crippen molar-refractivity contribution in [3.8, 4) is 0 Å². The highest BCUT2D eigenvalue weighted by molar-refractivity contribution is 5.36. The first-order chi connectivity index (χ1) is 10.1. The first-order valence-corrected chi connectivity index (χ1v) is 7.40. The molecule has 1 aromatic carbocycles. The zero-order chi connectivity index (χ0) is 18.2. The average molecular weight is 340 g/mol. The van der Waals surface area contributed by atoms with Gasteiger partial charge in [-0.05, 0) is 47.4 Å². The Labute approximate surface area is 132 Å². The summed E-state index contributed by atoms with van der Waals surface area (Å²) in [6.07, 6.45) is -9.11. The van der Waals surface area contributed by atoms with E-state index in [0.717, 1.165) is 12.1 Å². The van der Waals surface area contributed by atoms with Crippen LogP contribution in [0.5, 0.6) is 0 Å². The van der Waals surface area contributed by atoms with Gasteiger partial charge in [0.25, 0.3) is 0 Å². The zero-order valence-corrected chi connectivity index (χ0v) is 13.9. The predicted octanol–water partition coefficient (Wildman–Crippen LogP) is 6.90. The summed E-state index contributed by atoms with van der Waals surface area (Å²) in [5.41, 5.74) is -2.61. The molecule has 6 heteroatoms. The molecular weight excluding hydrogens is 318 g/mol. The minimum Gasteiger partial charge on any atom is -0.166 e. The maximum atomic E-state index is 13.0. The molecule has 1 unspecified atom stereocenters. The topological polar surface area (TPSA) is 0 Å². The molecule has 0 saturated heterocycles. The van der Waals surface area contributed by atoms with Gasteiger partial charge in [-0.1, -0.05) is 34.6 Å². The summed E-state index contributed by atoms with van der Waals surface area (Å²) in [6, 6.07) is 1.88. The first kappa shape index (κ1) is 19.8. The lowest BCUT2D eigenvalue weighted by molar-refractivity contribution is -0.143. The Bertz CT molecular complexity index is 499. The molecule has 1 rings (SSSR count). The zero-order valence-electron chi connectivity index (χ0n) is 13.9. The fraction of sp³-hybridized carbons (Fsp3) is 0.647. The number of benzene rings is 1. The van der Waals surface area contributed by atoms with Crippen LogP contribution in [0.1, 0.15) is 63.6 Å². The molecule has 132 valence electrons. The Morgan fingerprint density at radius 1 is 0.783 bits per heavy atom. The van der Waals surface area contributed by atoms with Crippen LogP contribution in [0.3, 0.4) is 0 Å². The highest BCUT2D eigenvalue weighted by Gasteiger charge is 2.38. The van der Waals surface area contributed by atoms with Crippen molar-refractivity contribution in [3.05, 3.63) is 34.9 Å². The molecule has 0 aliphatic carbocycles. The number of hydrogen-bond donors (Lipinski definition) is 0. The third-order valence-corrected chi connectivity index (χ3v) is 3.68. The standard InChI is InChI=1S/C17H22F6/c1-10(2)14(9-15(3,4)5)11-6-12(16(18,19)20)8-13(7-11)17(21,22)23/h6-8,10,14H,9H2,1-5H3. The lowest BCUT2D eigenvalue weighted by Crippen LogP contribution is -2.19. The Morgan fingerprint density at radius 3 is 1.43 bits per heavy atom. The van der Waals surface area contributed by atoms with E-state index in [0.29, 0.717) is 6.42 Å². The van der Waals surface area contributed by atoms with Gasteiger partial charge < -0.3 is 0 Å². The van der Waals surface area contributed by atoms with Crippen molar-refractivity contribution in [2.45, 2.75) is 59.3 Å². The third kappa shape index (κ3) is 5.74. The monoisotopic (exact) mass is 340 g/mol. The summed E-state index contributed by atoms with van der Waals surface area (Å²) in [5, 5.41) is 0. The van der Waals surface area contributed by atoms with Crippen molar-refractivity contribution in [2.75, 3.05) is 0 Å². The number of alkyl halides is 6. The van der Waals surface area contributed by atoms with E-state index < -0.39 is 23.5 Å². The van der Waals surface area contributed by atoms with Gasteiger partial charge in [-0.2, -0.15) is 26.3 Å². The van der Waals surface area contributed by atoms with Gasteiger partial charge in [0.2, 0.25) is 0 Å². The molecule has 0 bridgehead atoms. The van der Waals surface area contributed by atoms with Crippen LogP contribution in [0.25, 0.3) is 0 Å². The van der Waals surface area contributed by atoms with Gasteiger partial charge in [-0.3, -0.25) is 0 Å². The van der Waals surface area contributed by atoms with E-state index in [1.165, 1.54) is 0 Å². The molecule has 0 spiro atoms. The van der Waals surface area contributed by atoms with Crippen molar-refractivity contribution in [1.29, 1.82) is 0 Å². The van der Waals surface area contributed by atoms with Gasteiger partial charge in [-0.15, -0.1) is 0 Å². The van der Waals surface area contributed by atoms with Gasteiger partial charge in [0.15, 0.2) is 0 Å². The Hall–Kier alpha value is -1.20. The SMILES string of the molecule is CC(C)C(CC(C)(C)C)c1cc(C(F)(F)F)cc(C(F)(F)F)c1. The van der Waals surface area contributed by atoms with E-state index in [4.69, 9.17) is 0 Å². The third-order valence-electron chi connectivity index (χ3n) is 3.68. The molecule has 1 atom stereocenters. The van der Waals surface area contributed by atoms with E-state index >= 15 is 0 Å². The molecule has 0 radical (unpaired) electrons. The van der Waals surface area contributed by atoms with Crippen molar-refractivity contribution in [3.63, 3.8) is 0 Å². The molecule has 0 aliphatic heterocycles. The van der Waals surface area contributed by atoms with Crippen LogP contribution in [0.2, 0.25) is 0 Å². The van der Waals surface area contributed by atoms with E-state index in [1.807, 2.05) is 34.6 Å². The second kappa shape index (κ2) is 6.36. The lowest BCUT2D eigenvalue weighted by Gasteiger charge is -2.30. The summed E-state index contributed by atoms with van der Waals surface area (Å²) >= 11 is 0. The fourth-order valence-corrected chi connectivity index (χ4v) is 2.59. The largest absolute Gasteiger partial charge is 0.416 e. The lowest BCUT2D eigenvalue weighted by atomic mass is 9.75. The Balaban J connectivity index is 3.48. The van der Waals surface area contributed by atoms with Crippen LogP contribution >= 0.6 is 0 Å².